The first kappa shape index (κ1) is 13.0. The summed E-state index contributed by atoms with van der Waals surface area (Å²) in [5.74, 6) is 2.15. The van der Waals surface area contributed by atoms with Crippen LogP contribution in [0.3, 0.4) is 0 Å². The number of carbonyl (C=O) groups excluding carboxylic acids is 1. The Kier molecular flexibility index (Phi) is 2.82. The molecule has 1 amide bonds. The third-order valence-electron chi connectivity index (χ3n) is 5.66. The second-order valence-electron chi connectivity index (χ2n) is 7.10. The summed E-state index contributed by atoms with van der Waals surface area (Å²) in [6, 6.07) is 4.32. The van der Waals surface area contributed by atoms with Gasteiger partial charge in [-0.05, 0) is 53.5 Å². The largest absolute Gasteiger partial charge is 0.347 e. The zero-order valence-corrected chi connectivity index (χ0v) is 13.2. The lowest BCUT2D eigenvalue weighted by molar-refractivity contribution is -0.0419. The van der Waals surface area contributed by atoms with Gasteiger partial charge in [0.15, 0.2) is 0 Å². The van der Waals surface area contributed by atoms with E-state index in [-0.39, 0.29) is 5.91 Å². The molecule has 0 radical (unpaired) electrons. The molecule has 4 aliphatic rings. The topological polar surface area (TPSA) is 45.2 Å². The maximum atomic E-state index is 12.6. The molecule has 3 saturated heterocycles. The SMILES string of the molecule is O=C(NC1[C@@H]2CC3C[C@@H]1CN(C3)C2)c1cc2ccsc2cn1. The highest BCUT2D eigenvalue weighted by Crippen LogP contribution is 2.43. The van der Waals surface area contributed by atoms with Crippen molar-refractivity contribution in [2.24, 2.45) is 17.8 Å². The van der Waals surface area contributed by atoms with Crippen LogP contribution in [-0.2, 0) is 0 Å². The van der Waals surface area contributed by atoms with Crippen molar-refractivity contribution in [3.63, 3.8) is 0 Å². The molecule has 4 fully saturated rings. The van der Waals surface area contributed by atoms with Gasteiger partial charge >= 0.3 is 0 Å². The molecule has 1 saturated carbocycles. The Morgan fingerprint density at radius 2 is 2.09 bits per heavy atom. The summed E-state index contributed by atoms with van der Waals surface area (Å²) in [4.78, 5) is 19.6. The van der Waals surface area contributed by atoms with Crippen LogP contribution in [0.25, 0.3) is 10.1 Å². The number of piperidine rings is 3. The maximum Gasteiger partial charge on any atom is 0.270 e. The standard InChI is InChI=1S/C17H19N3OS/c21-17(14-5-11-1-2-22-15(11)6-18-14)19-16-12-3-10-4-13(16)9-20(7-10)8-12/h1-2,5-6,10,12-13,16H,3-4,7-9H2,(H,19,21)/t10?,12-,13-,16?/m1/s1. The summed E-state index contributed by atoms with van der Waals surface area (Å²) >= 11 is 1.66. The summed E-state index contributed by atoms with van der Waals surface area (Å²) in [5.41, 5.74) is 0.556. The van der Waals surface area contributed by atoms with Crippen LogP contribution >= 0.6 is 11.3 Å². The second kappa shape index (κ2) is 4.77. The number of pyridine rings is 1. The van der Waals surface area contributed by atoms with E-state index in [0.29, 0.717) is 23.6 Å². The van der Waals surface area contributed by atoms with Gasteiger partial charge in [-0.15, -0.1) is 11.3 Å². The van der Waals surface area contributed by atoms with E-state index in [1.807, 2.05) is 17.6 Å². The van der Waals surface area contributed by atoms with Crippen molar-refractivity contribution in [2.75, 3.05) is 19.6 Å². The average molecular weight is 313 g/mol. The molecule has 3 aliphatic heterocycles. The van der Waals surface area contributed by atoms with E-state index in [1.54, 1.807) is 11.3 Å². The van der Waals surface area contributed by atoms with Crippen molar-refractivity contribution in [1.82, 2.24) is 15.2 Å². The van der Waals surface area contributed by atoms with Crippen molar-refractivity contribution >= 4 is 27.3 Å². The number of hydrogen-bond donors (Lipinski definition) is 1. The Balaban J connectivity index is 1.38. The molecule has 2 aromatic heterocycles. The molecule has 114 valence electrons. The van der Waals surface area contributed by atoms with E-state index in [1.165, 1.54) is 19.4 Å². The number of aromatic nitrogens is 1. The van der Waals surface area contributed by atoms with Crippen LogP contribution in [0.2, 0.25) is 0 Å². The van der Waals surface area contributed by atoms with E-state index in [2.05, 4.69) is 21.3 Å². The second-order valence-corrected chi connectivity index (χ2v) is 8.05. The predicted molar refractivity (Wildman–Crippen MR) is 87.0 cm³/mol. The van der Waals surface area contributed by atoms with Gasteiger partial charge in [-0.3, -0.25) is 4.79 Å². The van der Waals surface area contributed by atoms with E-state index in [0.717, 1.165) is 29.1 Å². The molecule has 22 heavy (non-hydrogen) atoms. The fraction of sp³-hybridized carbons (Fsp3) is 0.529. The summed E-state index contributed by atoms with van der Waals surface area (Å²) < 4.78 is 1.14. The molecule has 0 aromatic carbocycles. The fourth-order valence-corrected chi connectivity index (χ4v) is 5.60. The first-order valence-corrected chi connectivity index (χ1v) is 9.01. The van der Waals surface area contributed by atoms with Crippen molar-refractivity contribution in [2.45, 2.75) is 18.9 Å². The van der Waals surface area contributed by atoms with Gasteiger partial charge in [0.1, 0.15) is 5.69 Å². The van der Waals surface area contributed by atoms with Crippen LogP contribution in [0.1, 0.15) is 23.3 Å². The number of rotatable bonds is 2. The van der Waals surface area contributed by atoms with Crippen molar-refractivity contribution in [1.29, 1.82) is 0 Å². The van der Waals surface area contributed by atoms with Gasteiger partial charge in [-0.25, -0.2) is 4.98 Å². The van der Waals surface area contributed by atoms with Crippen LogP contribution in [0, 0.1) is 17.8 Å². The molecule has 5 heteroatoms. The van der Waals surface area contributed by atoms with E-state index < -0.39 is 0 Å². The monoisotopic (exact) mass is 313 g/mol. The molecule has 2 aromatic rings. The smallest absolute Gasteiger partial charge is 0.270 e. The first-order chi connectivity index (χ1) is 10.8. The van der Waals surface area contributed by atoms with Crippen LogP contribution < -0.4 is 5.32 Å². The Labute approximate surface area is 133 Å². The third-order valence-corrected chi connectivity index (χ3v) is 6.53. The van der Waals surface area contributed by atoms with E-state index in [9.17, 15) is 4.79 Å². The summed E-state index contributed by atoms with van der Waals surface area (Å²) in [6.45, 7) is 3.61. The Morgan fingerprint density at radius 1 is 1.27 bits per heavy atom. The molecule has 4 bridgehead atoms. The molecule has 1 N–H and O–H groups in total. The normalized spacial score (nSPS) is 35.9. The number of nitrogens with zero attached hydrogens (tertiary/aromatic N) is 2. The average Bonchev–Trinajstić information content (AvgIpc) is 2.97. The maximum absolute atomic E-state index is 12.6. The highest BCUT2D eigenvalue weighted by Gasteiger charge is 2.47. The molecule has 2 atom stereocenters. The van der Waals surface area contributed by atoms with Crippen molar-refractivity contribution in [3.05, 3.63) is 29.4 Å². The van der Waals surface area contributed by atoms with Crippen molar-refractivity contribution in [3.8, 4) is 0 Å². The molecular weight excluding hydrogens is 294 g/mol. The first-order valence-electron chi connectivity index (χ1n) is 8.13. The number of carbonyl (C=O) groups is 1. The van der Waals surface area contributed by atoms with Gasteiger partial charge in [0.25, 0.3) is 5.91 Å². The zero-order chi connectivity index (χ0) is 14.7. The summed E-state index contributed by atoms with van der Waals surface area (Å²) in [5, 5.41) is 6.46. The minimum Gasteiger partial charge on any atom is -0.347 e. The fourth-order valence-electron chi connectivity index (χ4n) is 4.86. The highest BCUT2D eigenvalue weighted by molar-refractivity contribution is 7.17. The van der Waals surface area contributed by atoms with E-state index >= 15 is 0 Å². The number of hydrogen-bond acceptors (Lipinski definition) is 4. The summed E-state index contributed by atoms with van der Waals surface area (Å²) in [6.07, 6.45) is 4.39. The predicted octanol–water partition coefficient (Wildman–Crippen LogP) is 2.37. The Bertz CT molecular complexity index is 712. The van der Waals surface area contributed by atoms with Gasteiger partial charge in [-0.2, -0.15) is 0 Å². The minimum absolute atomic E-state index is 0.000531. The third kappa shape index (κ3) is 1.99. The van der Waals surface area contributed by atoms with Gasteiger partial charge in [0.05, 0.1) is 4.70 Å². The zero-order valence-electron chi connectivity index (χ0n) is 12.4. The number of amides is 1. The minimum atomic E-state index is 0.000531. The lowest BCUT2D eigenvalue weighted by Gasteiger charge is -2.55. The lowest BCUT2D eigenvalue weighted by atomic mass is 9.65. The van der Waals surface area contributed by atoms with Crippen LogP contribution in [0.5, 0.6) is 0 Å². The quantitative estimate of drug-likeness (QED) is 0.926. The molecule has 4 nitrogen and oxygen atoms in total. The summed E-state index contributed by atoms with van der Waals surface area (Å²) in [7, 11) is 0. The Morgan fingerprint density at radius 3 is 2.86 bits per heavy atom. The van der Waals surface area contributed by atoms with Gasteiger partial charge in [0, 0.05) is 31.9 Å². The van der Waals surface area contributed by atoms with Crippen LogP contribution in [0.15, 0.2) is 23.7 Å². The molecule has 1 aliphatic carbocycles. The molecule has 5 heterocycles. The Hall–Kier alpha value is -1.46. The number of nitrogens with one attached hydrogen (secondary N) is 1. The lowest BCUT2D eigenvalue weighted by Crippen LogP contribution is -2.64. The van der Waals surface area contributed by atoms with Crippen LogP contribution in [-0.4, -0.2) is 41.5 Å². The van der Waals surface area contributed by atoms with Gasteiger partial charge < -0.3 is 10.2 Å². The molecule has 0 spiro atoms. The number of thiophene rings is 1. The molecule has 0 unspecified atom stereocenters. The van der Waals surface area contributed by atoms with Crippen molar-refractivity contribution < 1.29 is 4.79 Å². The van der Waals surface area contributed by atoms with Crippen LogP contribution in [0.4, 0.5) is 0 Å². The van der Waals surface area contributed by atoms with Gasteiger partial charge in [0.2, 0.25) is 0 Å². The highest BCUT2D eigenvalue weighted by atomic mass is 32.1. The molecular formula is C17H19N3OS. The van der Waals surface area contributed by atoms with Gasteiger partial charge in [-0.1, -0.05) is 0 Å². The molecule has 6 rings (SSSR count). The number of fused-ring (bicyclic) bond motifs is 1. The van der Waals surface area contributed by atoms with E-state index in [4.69, 9.17) is 0 Å².